The second-order valence-electron chi connectivity index (χ2n) is 6.32. The van der Waals surface area contributed by atoms with E-state index >= 15 is 0 Å². The van der Waals surface area contributed by atoms with Crippen molar-refractivity contribution in [1.29, 1.82) is 0 Å². The van der Waals surface area contributed by atoms with Gasteiger partial charge in [-0.05, 0) is 38.0 Å². The van der Waals surface area contributed by atoms with Crippen LogP contribution >= 0.6 is 0 Å². The second-order valence-corrected chi connectivity index (χ2v) is 6.32. The monoisotopic (exact) mass is 241 g/mol. The van der Waals surface area contributed by atoms with Gasteiger partial charge in [0.2, 0.25) is 0 Å². The molecule has 2 heteroatoms. The molecule has 0 spiro atoms. The van der Waals surface area contributed by atoms with Gasteiger partial charge >= 0.3 is 0 Å². The van der Waals surface area contributed by atoms with Gasteiger partial charge in [-0.1, -0.05) is 39.5 Å². The maximum Gasteiger partial charge on any atom is 0.114 e. The van der Waals surface area contributed by atoms with Gasteiger partial charge in [0, 0.05) is 12.1 Å². The van der Waals surface area contributed by atoms with Crippen LogP contribution < -0.4 is 5.32 Å². The minimum atomic E-state index is -0.856. The Kier molecular flexibility index (Phi) is 4.46. The lowest BCUT2D eigenvalue weighted by molar-refractivity contribution is 0.0579. The number of fused-ring (bicyclic) bond motifs is 2. The molecule has 2 fully saturated rings. The summed E-state index contributed by atoms with van der Waals surface area (Å²) in [5.74, 6) is 0.609. The van der Waals surface area contributed by atoms with E-state index in [4.69, 9.17) is 0 Å². The zero-order valence-corrected chi connectivity index (χ0v) is 11.5. The maximum absolute atomic E-state index is 14.9. The van der Waals surface area contributed by atoms with E-state index in [9.17, 15) is 4.39 Å². The largest absolute Gasteiger partial charge is 0.311 e. The predicted octanol–water partition coefficient (Wildman–Crippen LogP) is 4.22. The molecule has 0 amide bonds. The third kappa shape index (κ3) is 3.43. The van der Waals surface area contributed by atoms with Crippen molar-refractivity contribution in [3.63, 3.8) is 0 Å². The molecule has 2 bridgehead atoms. The van der Waals surface area contributed by atoms with E-state index in [0.717, 1.165) is 25.7 Å². The molecule has 2 aliphatic rings. The van der Waals surface area contributed by atoms with Crippen LogP contribution in [0.4, 0.5) is 4.39 Å². The number of halogens is 1. The average molecular weight is 241 g/mol. The third-order valence-electron chi connectivity index (χ3n) is 4.76. The molecule has 3 atom stereocenters. The Hall–Kier alpha value is -0.110. The minimum Gasteiger partial charge on any atom is -0.311 e. The van der Waals surface area contributed by atoms with Gasteiger partial charge in [-0.3, -0.25) is 0 Å². The zero-order valence-electron chi connectivity index (χ0n) is 11.5. The molecule has 0 aromatic carbocycles. The number of piperidine rings is 1. The smallest absolute Gasteiger partial charge is 0.114 e. The Labute approximate surface area is 106 Å². The van der Waals surface area contributed by atoms with Gasteiger partial charge in [0.1, 0.15) is 5.67 Å². The summed E-state index contributed by atoms with van der Waals surface area (Å²) in [7, 11) is 0. The molecule has 1 nitrogen and oxygen atoms in total. The van der Waals surface area contributed by atoms with E-state index in [0.29, 0.717) is 18.0 Å². The lowest BCUT2D eigenvalue weighted by Gasteiger charge is -2.37. The van der Waals surface area contributed by atoms with Crippen molar-refractivity contribution >= 4 is 0 Å². The van der Waals surface area contributed by atoms with E-state index in [2.05, 4.69) is 19.2 Å². The Bertz CT molecular complexity index is 229. The lowest BCUT2D eigenvalue weighted by Crippen LogP contribution is -2.46. The van der Waals surface area contributed by atoms with Crippen LogP contribution in [0.15, 0.2) is 0 Å². The Balaban J connectivity index is 1.87. The third-order valence-corrected chi connectivity index (χ3v) is 4.76. The van der Waals surface area contributed by atoms with Crippen molar-refractivity contribution < 1.29 is 4.39 Å². The van der Waals surface area contributed by atoms with Crippen LogP contribution in [0.3, 0.4) is 0 Å². The van der Waals surface area contributed by atoms with Crippen LogP contribution in [0.1, 0.15) is 71.6 Å². The average Bonchev–Trinajstić information content (AvgIpc) is 2.64. The molecule has 0 aliphatic carbocycles. The summed E-state index contributed by atoms with van der Waals surface area (Å²) in [5, 5.41) is 3.54. The normalized spacial score (nSPS) is 38.3. The molecule has 1 N–H and O–H groups in total. The fraction of sp³-hybridized carbons (Fsp3) is 1.00. The van der Waals surface area contributed by atoms with E-state index in [1.165, 1.54) is 32.1 Å². The Morgan fingerprint density at radius 2 is 1.88 bits per heavy atom. The van der Waals surface area contributed by atoms with Crippen molar-refractivity contribution in [3.8, 4) is 0 Å². The van der Waals surface area contributed by atoms with Gasteiger partial charge < -0.3 is 5.32 Å². The molecule has 100 valence electrons. The van der Waals surface area contributed by atoms with Crippen LogP contribution in [0.25, 0.3) is 0 Å². The number of nitrogens with one attached hydrogen (secondary N) is 1. The quantitative estimate of drug-likeness (QED) is 0.734. The van der Waals surface area contributed by atoms with Crippen molar-refractivity contribution in [2.75, 3.05) is 0 Å². The lowest BCUT2D eigenvalue weighted by atomic mass is 9.79. The summed E-state index contributed by atoms with van der Waals surface area (Å²) in [6, 6.07) is 0.949. The Morgan fingerprint density at radius 1 is 1.24 bits per heavy atom. The molecule has 0 saturated carbocycles. The molecule has 0 radical (unpaired) electrons. The number of unbranched alkanes of at least 4 members (excludes halogenated alkanes) is 1. The zero-order chi connectivity index (χ0) is 12.3. The first-order chi connectivity index (χ1) is 8.15. The summed E-state index contributed by atoms with van der Waals surface area (Å²) in [6.07, 6.45) is 9.62. The van der Waals surface area contributed by atoms with Gasteiger partial charge in [0.25, 0.3) is 0 Å². The summed E-state index contributed by atoms with van der Waals surface area (Å²) in [5.41, 5.74) is -0.856. The standard InChI is InChI=1S/C15H28FN/c1-3-5-6-12(4-2)9-15(16)10-13-7-8-14(11-15)17-13/h12-14,17H,3-11H2,1-2H3. The van der Waals surface area contributed by atoms with Gasteiger partial charge in [0.15, 0.2) is 0 Å². The van der Waals surface area contributed by atoms with Gasteiger partial charge in [-0.15, -0.1) is 0 Å². The summed E-state index contributed by atoms with van der Waals surface area (Å²) in [6.45, 7) is 4.45. The fourth-order valence-electron chi connectivity index (χ4n) is 3.82. The molecule has 3 unspecified atom stereocenters. The van der Waals surface area contributed by atoms with E-state index in [1.54, 1.807) is 0 Å². The number of hydrogen-bond donors (Lipinski definition) is 1. The van der Waals surface area contributed by atoms with E-state index in [-0.39, 0.29) is 0 Å². The molecular weight excluding hydrogens is 213 g/mol. The molecule has 0 aromatic rings. The summed E-state index contributed by atoms with van der Waals surface area (Å²) in [4.78, 5) is 0. The van der Waals surface area contributed by atoms with Crippen LogP contribution in [-0.4, -0.2) is 17.8 Å². The summed E-state index contributed by atoms with van der Waals surface area (Å²) < 4.78 is 14.9. The number of alkyl halides is 1. The van der Waals surface area contributed by atoms with Crippen LogP contribution in [0.2, 0.25) is 0 Å². The highest BCUT2D eigenvalue weighted by molar-refractivity contribution is 5.00. The molecule has 17 heavy (non-hydrogen) atoms. The van der Waals surface area contributed by atoms with Crippen molar-refractivity contribution in [2.24, 2.45) is 5.92 Å². The van der Waals surface area contributed by atoms with Crippen LogP contribution in [0.5, 0.6) is 0 Å². The topological polar surface area (TPSA) is 12.0 Å². The second kappa shape index (κ2) is 5.69. The van der Waals surface area contributed by atoms with Gasteiger partial charge in [-0.2, -0.15) is 0 Å². The SMILES string of the molecule is CCCCC(CC)CC1(F)CC2CCC(C1)N2. The molecule has 0 aromatic heterocycles. The fourth-order valence-corrected chi connectivity index (χ4v) is 3.82. The van der Waals surface area contributed by atoms with Gasteiger partial charge in [0.05, 0.1) is 0 Å². The first kappa shape index (κ1) is 13.3. The highest BCUT2D eigenvalue weighted by Gasteiger charge is 2.44. The van der Waals surface area contributed by atoms with E-state index in [1.807, 2.05) is 0 Å². The first-order valence-corrected chi connectivity index (χ1v) is 7.60. The highest BCUT2D eigenvalue weighted by Crippen LogP contribution is 2.41. The molecule has 2 rings (SSSR count). The van der Waals surface area contributed by atoms with Crippen molar-refractivity contribution in [1.82, 2.24) is 5.32 Å². The Morgan fingerprint density at radius 3 is 2.41 bits per heavy atom. The van der Waals surface area contributed by atoms with Gasteiger partial charge in [-0.25, -0.2) is 4.39 Å². The van der Waals surface area contributed by atoms with E-state index < -0.39 is 5.67 Å². The molecular formula is C15H28FN. The molecule has 2 heterocycles. The highest BCUT2D eigenvalue weighted by atomic mass is 19.1. The molecule has 2 aliphatic heterocycles. The first-order valence-electron chi connectivity index (χ1n) is 7.60. The molecule has 2 saturated heterocycles. The van der Waals surface area contributed by atoms with Crippen LogP contribution in [0, 0.1) is 5.92 Å². The maximum atomic E-state index is 14.9. The minimum absolute atomic E-state index is 0.474. The van der Waals surface area contributed by atoms with Crippen molar-refractivity contribution in [2.45, 2.75) is 89.4 Å². The predicted molar refractivity (Wildman–Crippen MR) is 70.9 cm³/mol. The number of hydrogen-bond acceptors (Lipinski definition) is 1. The van der Waals surface area contributed by atoms with Crippen LogP contribution in [-0.2, 0) is 0 Å². The number of rotatable bonds is 6. The van der Waals surface area contributed by atoms with Crippen molar-refractivity contribution in [3.05, 3.63) is 0 Å². The summed E-state index contributed by atoms with van der Waals surface area (Å²) >= 11 is 0.